The third-order valence-electron chi connectivity index (χ3n) is 6.26. The second-order valence-corrected chi connectivity index (χ2v) is 8.77. The molecular formula is C23H39N5O. The molecule has 3 rings (SSSR count). The van der Waals surface area contributed by atoms with E-state index in [1.165, 1.54) is 51.6 Å². The van der Waals surface area contributed by atoms with E-state index in [-0.39, 0.29) is 6.03 Å². The molecule has 0 spiro atoms. The van der Waals surface area contributed by atoms with Gasteiger partial charge in [0, 0.05) is 32.4 Å². The summed E-state index contributed by atoms with van der Waals surface area (Å²) in [5.41, 5.74) is 1.04. The van der Waals surface area contributed by atoms with Gasteiger partial charge < -0.3 is 20.4 Å². The van der Waals surface area contributed by atoms with E-state index in [1.807, 2.05) is 6.20 Å². The van der Waals surface area contributed by atoms with Crippen LogP contribution in [-0.4, -0.2) is 55.2 Å². The summed E-state index contributed by atoms with van der Waals surface area (Å²) in [6.07, 6.45) is 11.9. The number of unbranched alkanes of at least 4 members (excludes halogenated alkanes) is 1. The number of aromatic nitrogens is 1. The summed E-state index contributed by atoms with van der Waals surface area (Å²) >= 11 is 0. The van der Waals surface area contributed by atoms with E-state index in [0.29, 0.717) is 6.54 Å². The van der Waals surface area contributed by atoms with Gasteiger partial charge in [-0.15, -0.1) is 0 Å². The number of anilines is 1. The number of nitrogens with zero attached hydrogens (tertiary/aromatic N) is 3. The maximum Gasteiger partial charge on any atom is 0.315 e. The van der Waals surface area contributed by atoms with Crippen molar-refractivity contribution in [3.05, 3.63) is 23.9 Å². The summed E-state index contributed by atoms with van der Waals surface area (Å²) in [6, 6.07) is 4.07. The summed E-state index contributed by atoms with van der Waals surface area (Å²) in [4.78, 5) is 21.5. The predicted molar refractivity (Wildman–Crippen MR) is 119 cm³/mol. The molecule has 0 radical (unpaired) electrons. The number of likely N-dealkylation sites (tertiary alicyclic amines) is 1. The van der Waals surface area contributed by atoms with Crippen molar-refractivity contribution in [3.8, 4) is 0 Å². The molecule has 0 bridgehead atoms. The van der Waals surface area contributed by atoms with E-state index in [4.69, 9.17) is 0 Å². The molecule has 2 N–H and O–H groups in total. The van der Waals surface area contributed by atoms with Crippen molar-refractivity contribution in [2.75, 3.05) is 44.2 Å². The number of urea groups is 1. The molecule has 2 aliphatic rings. The molecule has 6 nitrogen and oxygen atoms in total. The lowest BCUT2D eigenvalue weighted by atomic mass is 9.99. The molecule has 0 atom stereocenters. The smallest absolute Gasteiger partial charge is 0.315 e. The first-order chi connectivity index (χ1) is 14.2. The van der Waals surface area contributed by atoms with Crippen molar-refractivity contribution >= 4 is 11.8 Å². The molecule has 0 saturated carbocycles. The lowest BCUT2D eigenvalue weighted by Gasteiger charge is -2.30. The first kappa shape index (κ1) is 21.9. The molecule has 0 aromatic carbocycles. The van der Waals surface area contributed by atoms with Gasteiger partial charge in [-0.05, 0) is 75.7 Å². The number of piperidine rings is 1. The minimum atomic E-state index is -0.0895. The fourth-order valence-corrected chi connectivity index (χ4v) is 4.20. The average Bonchev–Trinajstić information content (AvgIpc) is 3.03. The lowest BCUT2D eigenvalue weighted by Crippen LogP contribution is -2.36. The Morgan fingerprint density at radius 2 is 1.79 bits per heavy atom. The van der Waals surface area contributed by atoms with Crippen LogP contribution in [0.25, 0.3) is 0 Å². The van der Waals surface area contributed by atoms with Crippen LogP contribution < -0.4 is 15.5 Å². The Morgan fingerprint density at radius 1 is 1.03 bits per heavy atom. The maximum absolute atomic E-state index is 12.0. The monoisotopic (exact) mass is 401 g/mol. The van der Waals surface area contributed by atoms with Gasteiger partial charge in [-0.2, -0.15) is 0 Å². The van der Waals surface area contributed by atoms with Crippen LogP contribution in [0.15, 0.2) is 18.3 Å². The largest absolute Gasteiger partial charge is 0.357 e. The van der Waals surface area contributed by atoms with E-state index in [9.17, 15) is 4.79 Å². The molecule has 2 aliphatic heterocycles. The quantitative estimate of drug-likeness (QED) is 0.651. The molecule has 162 valence electrons. The van der Waals surface area contributed by atoms with Crippen LogP contribution in [-0.2, 0) is 6.54 Å². The van der Waals surface area contributed by atoms with Gasteiger partial charge >= 0.3 is 6.03 Å². The van der Waals surface area contributed by atoms with Gasteiger partial charge in [0.05, 0.1) is 0 Å². The number of amides is 2. The summed E-state index contributed by atoms with van der Waals surface area (Å²) < 4.78 is 0. The molecule has 2 amide bonds. The van der Waals surface area contributed by atoms with E-state index in [0.717, 1.165) is 56.3 Å². The Morgan fingerprint density at radius 3 is 2.48 bits per heavy atom. The fourth-order valence-electron chi connectivity index (χ4n) is 4.20. The number of rotatable bonds is 8. The van der Waals surface area contributed by atoms with Crippen LogP contribution in [0.5, 0.6) is 0 Å². The summed E-state index contributed by atoms with van der Waals surface area (Å²) in [7, 11) is 0. The van der Waals surface area contributed by atoms with Crippen LogP contribution in [0.4, 0.5) is 10.6 Å². The minimum Gasteiger partial charge on any atom is -0.357 e. The number of hydrogen-bond acceptors (Lipinski definition) is 4. The highest BCUT2D eigenvalue weighted by Gasteiger charge is 2.14. The molecule has 3 heterocycles. The van der Waals surface area contributed by atoms with Crippen molar-refractivity contribution in [3.63, 3.8) is 0 Å². The molecule has 29 heavy (non-hydrogen) atoms. The average molecular weight is 402 g/mol. The normalized spacial score (nSPS) is 19.0. The third-order valence-corrected chi connectivity index (χ3v) is 6.26. The second-order valence-electron chi connectivity index (χ2n) is 8.77. The highest BCUT2D eigenvalue weighted by atomic mass is 16.2. The van der Waals surface area contributed by atoms with Gasteiger partial charge in [0.1, 0.15) is 5.82 Å². The predicted octanol–water partition coefficient (Wildman–Crippen LogP) is 3.77. The van der Waals surface area contributed by atoms with E-state index in [1.54, 1.807) is 0 Å². The standard InChI is InChI=1S/C23H39N5O/c1-20-10-16-27(17-11-20)13-7-4-12-24-23(29)26-19-21-8-9-22(25-18-21)28-14-5-2-3-6-15-28/h8-9,18,20H,2-7,10-17,19H2,1H3,(H2,24,26,29). The lowest BCUT2D eigenvalue weighted by molar-refractivity contribution is 0.189. The van der Waals surface area contributed by atoms with Gasteiger partial charge in [0.2, 0.25) is 0 Å². The SMILES string of the molecule is CC1CCN(CCCCNC(=O)NCc2ccc(N3CCCCCC3)nc2)CC1. The second kappa shape index (κ2) is 12.0. The van der Waals surface area contributed by atoms with Gasteiger partial charge in [-0.3, -0.25) is 0 Å². The van der Waals surface area contributed by atoms with Gasteiger partial charge in [0.15, 0.2) is 0 Å². The number of pyridine rings is 1. The van der Waals surface area contributed by atoms with Crippen molar-refractivity contribution in [2.45, 2.75) is 64.8 Å². The summed E-state index contributed by atoms with van der Waals surface area (Å²) in [5.74, 6) is 1.94. The third kappa shape index (κ3) is 7.84. The van der Waals surface area contributed by atoms with E-state index < -0.39 is 0 Å². The van der Waals surface area contributed by atoms with Crippen molar-refractivity contribution in [2.24, 2.45) is 5.92 Å². The van der Waals surface area contributed by atoms with Gasteiger partial charge in [0.25, 0.3) is 0 Å². The summed E-state index contributed by atoms with van der Waals surface area (Å²) in [6.45, 7) is 9.44. The van der Waals surface area contributed by atoms with Gasteiger partial charge in [-0.25, -0.2) is 9.78 Å². The fraction of sp³-hybridized carbons (Fsp3) is 0.739. The molecule has 0 aliphatic carbocycles. The Kier molecular flexibility index (Phi) is 9.06. The number of hydrogen-bond donors (Lipinski definition) is 2. The summed E-state index contributed by atoms with van der Waals surface area (Å²) in [5, 5.41) is 5.91. The highest BCUT2D eigenvalue weighted by molar-refractivity contribution is 5.73. The Labute approximate surface area is 176 Å². The Bertz CT molecular complexity index is 590. The van der Waals surface area contributed by atoms with Crippen LogP contribution in [0, 0.1) is 5.92 Å². The molecule has 2 fully saturated rings. The van der Waals surface area contributed by atoms with Crippen LogP contribution in [0.2, 0.25) is 0 Å². The Hall–Kier alpha value is -1.82. The van der Waals surface area contributed by atoms with E-state index >= 15 is 0 Å². The zero-order chi connectivity index (χ0) is 20.3. The van der Waals surface area contributed by atoms with Gasteiger partial charge in [-0.1, -0.05) is 25.8 Å². The van der Waals surface area contributed by atoms with Crippen molar-refractivity contribution in [1.82, 2.24) is 20.5 Å². The van der Waals surface area contributed by atoms with Crippen molar-refractivity contribution in [1.29, 1.82) is 0 Å². The Balaban J connectivity index is 1.26. The first-order valence-corrected chi connectivity index (χ1v) is 11.6. The van der Waals surface area contributed by atoms with Crippen LogP contribution >= 0.6 is 0 Å². The topological polar surface area (TPSA) is 60.5 Å². The number of nitrogens with one attached hydrogen (secondary N) is 2. The zero-order valence-electron chi connectivity index (χ0n) is 18.2. The molecule has 6 heteroatoms. The van der Waals surface area contributed by atoms with Crippen LogP contribution in [0.3, 0.4) is 0 Å². The van der Waals surface area contributed by atoms with Crippen molar-refractivity contribution < 1.29 is 4.79 Å². The molecular weight excluding hydrogens is 362 g/mol. The van der Waals surface area contributed by atoms with Crippen LogP contribution in [0.1, 0.15) is 63.9 Å². The zero-order valence-corrected chi connectivity index (χ0v) is 18.2. The molecule has 0 unspecified atom stereocenters. The maximum atomic E-state index is 12.0. The van der Waals surface area contributed by atoms with E-state index in [2.05, 4.69) is 44.5 Å². The first-order valence-electron chi connectivity index (χ1n) is 11.6. The highest BCUT2D eigenvalue weighted by Crippen LogP contribution is 2.17. The molecule has 2 saturated heterocycles. The molecule has 1 aromatic rings. The number of carbonyl (C=O) groups is 1. The number of carbonyl (C=O) groups excluding carboxylic acids is 1. The molecule has 1 aromatic heterocycles. The minimum absolute atomic E-state index is 0.0895.